The highest BCUT2D eigenvalue weighted by atomic mass is 32.2. The Morgan fingerprint density at radius 2 is 1.96 bits per heavy atom. The summed E-state index contributed by atoms with van der Waals surface area (Å²) in [7, 11) is -3.55. The van der Waals surface area contributed by atoms with E-state index in [1.165, 1.54) is 29.0 Å². The number of hydrogen-bond acceptors (Lipinski definition) is 4. The summed E-state index contributed by atoms with van der Waals surface area (Å²) in [5, 5.41) is 0. The van der Waals surface area contributed by atoms with E-state index in [-0.39, 0.29) is 17.0 Å². The molecule has 1 heterocycles. The smallest absolute Gasteiger partial charge is 0.280 e. The van der Waals surface area contributed by atoms with Gasteiger partial charge in [0, 0.05) is 6.26 Å². The summed E-state index contributed by atoms with van der Waals surface area (Å²) in [4.78, 5) is 17.4. The zero-order valence-electron chi connectivity index (χ0n) is 15.8. The van der Waals surface area contributed by atoms with Crippen LogP contribution in [0, 0.1) is 12.3 Å². The molecule has 0 atom stereocenters. The van der Waals surface area contributed by atoms with E-state index in [9.17, 15) is 13.2 Å². The van der Waals surface area contributed by atoms with Gasteiger partial charge in [0.1, 0.15) is 0 Å². The van der Waals surface area contributed by atoms with Crippen molar-refractivity contribution in [3.05, 3.63) is 58.4 Å². The maximum absolute atomic E-state index is 12.8. The number of thiazole rings is 1. The standard InChI is InChI=1S/C21H20N2O3S2/c1-5-12-23-17-11-10-15(14(2)3)13-18(17)27-21(23)22-20(24)16-8-6-7-9-19(16)28(4,25)26/h1,6-11,13-14H,12H2,2-4H3. The van der Waals surface area contributed by atoms with Crippen LogP contribution in [-0.4, -0.2) is 25.1 Å². The lowest BCUT2D eigenvalue weighted by molar-refractivity contribution is 0.0994. The summed E-state index contributed by atoms with van der Waals surface area (Å²) in [5.74, 6) is 2.35. The van der Waals surface area contributed by atoms with Crippen molar-refractivity contribution in [2.45, 2.75) is 31.2 Å². The maximum Gasteiger partial charge on any atom is 0.280 e. The SMILES string of the molecule is C#CCn1c(=NC(=O)c2ccccc2S(C)(=O)=O)sc2cc(C(C)C)ccc21. The summed E-state index contributed by atoms with van der Waals surface area (Å²) in [6.07, 6.45) is 6.58. The number of rotatable bonds is 4. The lowest BCUT2D eigenvalue weighted by atomic mass is 10.0. The first-order chi connectivity index (χ1) is 13.2. The summed E-state index contributed by atoms with van der Waals surface area (Å²) in [6.45, 7) is 4.49. The minimum absolute atomic E-state index is 0.0320. The molecule has 0 aliphatic heterocycles. The minimum Gasteiger partial charge on any atom is -0.305 e. The van der Waals surface area contributed by atoms with Crippen LogP contribution in [0.1, 0.15) is 35.7 Å². The quantitative estimate of drug-likeness (QED) is 0.615. The molecule has 5 nitrogen and oxygen atoms in total. The molecule has 3 rings (SSSR count). The fraction of sp³-hybridized carbons (Fsp3) is 0.238. The third kappa shape index (κ3) is 3.93. The van der Waals surface area contributed by atoms with E-state index in [1.807, 2.05) is 12.1 Å². The second kappa shape index (κ2) is 7.74. The Balaban J connectivity index is 2.21. The maximum atomic E-state index is 12.8. The fourth-order valence-electron chi connectivity index (χ4n) is 2.89. The number of nitrogens with zero attached hydrogens (tertiary/aromatic N) is 2. The Kier molecular flexibility index (Phi) is 5.54. The van der Waals surface area contributed by atoms with Gasteiger partial charge in [-0.05, 0) is 35.7 Å². The molecular weight excluding hydrogens is 392 g/mol. The highest BCUT2D eigenvalue weighted by Crippen LogP contribution is 2.24. The lowest BCUT2D eigenvalue weighted by Crippen LogP contribution is -2.17. The number of terminal acetylenes is 1. The van der Waals surface area contributed by atoms with Gasteiger partial charge in [-0.15, -0.1) is 6.42 Å². The summed E-state index contributed by atoms with van der Waals surface area (Å²) >= 11 is 1.36. The van der Waals surface area contributed by atoms with Crippen LogP contribution in [0.2, 0.25) is 0 Å². The Morgan fingerprint density at radius 3 is 2.61 bits per heavy atom. The number of sulfone groups is 1. The van der Waals surface area contributed by atoms with Crippen molar-refractivity contribution in [3.8, 4) is 12.3 Å². The molecular formula is C21H20N2O3S2. The highest BCUT2D eigenvalue weighted by molar-refractivity contribution is 7.90. The van der Waals surface area contributed by atoms with Crippen molar-refractivity contribution in [1.29, 1.82) is 0 Å². The molecule has 0 radical (unpaired) electrons. The third-order valence-corrected chi connectivity index (χ3v) is 6.53. The molecule has 28 heavy (non-hydrogen) atoms. The van der Waals surface area contributed by atoms with E-state index in [1.54, 1.807) is 16.7 Å². The van der Waals surface area contributed by atoms with Gasteiger partial charge in [-0.3, -0.25) is 4.79 Å². The van der Waals surface area contributed by atoms with Crippen LogP contribution in [0.4, 0.5) is 0 Å². The van der Waals surface area contributed by atoms with E-state index >= 15 is 0 Å². The number of aromatic nitrogens is 1. The number of amides is 1. The van der Waals surface area contributed by atoms with E-state index in [4.69, 9.17) is 6.42 Å². The van der Waals surface area contributed by atoms with Crippen LogP contribution in [0.25, 0.3) is 10.2 Å². The average Bonchev–Trinajstić information content (AvgIpc) is 2.97. The summed E-state index contributed by atoms with van der Waals surface area (Å²) < 4.78 is 26.8. The Hall–Kier alpha value is -2.69. The van der Waals surface area contributed by atoms with Crippen LogP contribution in [-0.2, 0) is 16.4 Å². The van der Waals surface area contributed by atoms with Gasteiger partial charge in [0.15, 0.2) is 14.6 Å². The van der Waals surface area contributed by atoms with Crippen molar-refractivity contribution in [3.63, 3.8) is 0 Å². The first-order valence-corrected chi connectivity index (χ1v) is 11.4. The molecule has 0 aliphatic rings. The number of benzene rings is 2. The summed E-state index contributed by atoms with van der Waals surface area (Å²) in [6, 6.07) is 12.2. The molecule has 0 bridgehead atoms. The molecule has 1 aromatic heterocycles. The molecule has 7 heteroatoms. The Labute approximate surface area is 168 Å². The fourth-order valence-corrected chi connectivity index (χ4v) is 4.85. The topological polar surface area (TPSA) is 68.5 Å². The summed E-state index contributed by atoms with van der Waals surface area (Å²) in [5.41, 5.74) is 2.13. The van der Waals surface area contributed by atoms with Crippen LogP contribution >= 0.6 is 11.3 Å². The predicted molar refractivity (Wildman–Crippen MR) is 112 cm³/mol. The van der Waals surface area contributed by atoms with Crippen molar-refractivity contribution in [1.82, 2.24) is 4.57 Å². The predicted octanol–water partition coefficient (Wildman–Crippen LogP) is 3.60. The van der Waals surface area contributed by atoms with Gasteiger partial charge in [-0.2, -0.15) is 4.99 Å². The third-order valence-electron chi connectivity index (χ3n) is 4.34. The van der Waals surface area contributed by atoms with Crippen LogP contribution in [0.3, 0.4) is 0 Å². The molecule has 0 aliphatic carbocycles. The van der Waals surface area contributed by atoms with Crippen LogP contribution in [0.15, 0.2) is 52.4 Å². The molecule has 0 unspecified atom stereocenters. The van der Waals surface area contributed by atoms with E-state index < -0.39 is 15.7 Å². The Bertz CT molecular complexity index is 1270. The van der Waals surface area contributed by atoms with Gasteiger partial charge in [-0.1, -0.05) is 49.3 Å². The van der Waals surface area contributed by atoms with Gasteiger partial charge >= 0.3 is 0 Å². The second-order valence-corrected chi connectivity index (χ2v) is 9.74. The van der Waals surface area contributed by atoms with Gasteiger partial charge in [0.25, 0.3) is 5.91 Å². The van der Waals surface area contributed by atoms with Gasteiger partial charge in [-0.25, -0.2) is 8.42 Å². The van der Waals surface area contributed by atoms with Crippen LogP contribution < -0.4 is 4.80 Å². The van der Waals surface area contributed by atoms with Crippen molar-refractivity contribution in [2.75, 3.05) is 6.26 Å². The zero-order valence-corrected chi connectivity index (χ0v) is 17.5. The molecule has 0 fully saturated rings. The van der Waals surface area contributed by atoms with E-state index in [2.05, 4.69) is 30.8 Å². The number of hydrogen-bond donors (Lipinski definition) is 0. The number of carbonyl (C=O) groups excluding carboxylic acids is 1. The van der Waals surface area contributed by atoms with Crippen LogP contribution in [0.5, 0.6) is 0 Å². The lowest BCUT2D eigenvalue weighted by Gasteiger charge is -2.05. The average molecular weight is 413 g/mol. The van der Waals surface area contributed by atoms with E-state index in [0.717, 1.165) is 16.5 Å². The van der Waals surface area contributed by atoms with Gasteiger partial charge < -0.3 is 4.57 Å². The largest absolute Gasteiger partial charge is 0.305 e. The van der Waals surface area contributed by atoms with Crippen molar-refractivity contribution in [2.24, 2.45) is 4.99 Å². The second-order valence-electron chi connectivity index (χ2n) is 6.74. The molecule has 144 valence electrons. The normalized spacial score (nSPS) is 12.5. The molecule has 1 amide bonds. The molecule has 0 saturated carbocycles. The first-order valence-electron chi connectivity index (χ1n) is 8.67. The molecule has 0 spiro atoms. The number of carbonyl (C=O) groups is 1. The Morgan fingerprint density at radius 1 is 1.25 bits per heavy atom. The number of fused-ring (bicyclic) bond motifs is 1. The zero-order chi connectivity index (χ0) is 20.5. The monoisotopic (exact) mass is 412 g/mol. The highest BCUT2D eigenvalue weighted by Gasteiger charge is 2.18. The molecule has 2 aromatic carbocycles. The van der Waals surface area contributed by atoms with Gasteiger partial charge in [0.2, 0.25) is 0 Å². The van der Waals surface area contributed by atoms with Crippen molar-refractivity contribution < 1.29 is 13.2 Å². The van der Waals surface area contributed by atoms with Gasteiger partial charge in [0.05, 0.1) is 27.2 Å². The van der Waals surface area contributed by atoms with Crippen molar-refractivity contribution >= 4 is 37.3 Å². The molecule has 0 N–H and O–H groups in total. The first kappa shape index (κ1) is 20.1. The molecule has 3 aromatic rings. The minimum atomic E-state index is -3.55. The molecule has 0 saturated heterocycles. The van der Waals surface area contributed by atoms with E-state index in [0.29, 0.717) is 10.7 Å².